The zero-order valence-electron chi connectivity index (χ0n) is 15.4. The maximum absolute atomic E-state index is 13.3. The van der Waals surface area contributed by atoms with E-state index < -0.39 is 23.5 Å². The summed E-state index contributed by atoms with van der Waals surface area (Å²) in [5.74, 6) is -2.91. The summed E-state index contributed by atoms with van der Waals surface area (Å²) in [5, 5.41) is 0.487. The highest BCUT2D eigenvalue weighted by Gasteiger charge is 2.45. The van der Waals surface area contributed by atoms with Crippen molar-refractivity contribution in [2.75, 3.05) is 6.61 Å². The molecule has 0 radical (unpaired) electrons. The summed E-state index contributed by atoms with van der Waals surface area (Å²) in [6.07, 6.45) is 0. The number of esters is 1. The molecule has 0 saturated heterocycles. The predicted molar refractivity (Wildman–Crippen MR) is 105 cm³/mol. The van der Waals surface area contributed by atoms with Crippen molar-refractivity contribution in [1.82, 2.24) is 0 Å². The molecule has 2 aromatic carbocycles. The molecule has 1 atom stereocenters. The fraction of sp³-hybridized carbons (Fsp3) is 0.136. The van der Waals surface area contributed by atoms with Gasteiger partial charge in [0.2, 0.25) is 11.7 Å². The molecule has 7 heteroatoms. The molecule has 0 fully saturated rings. The Morgan fingerprint density at radius 3 is 2.31 bits per heavy atom. The first-order valence-corrected chi connectivity index (χ1v) is 9.34. The summed E-state index contributed by atoms with van der Waals surface area (Å²) in [4.78, 5) is 39.1. The van der Waals surface area contributed by atoms with Crippen LogP contribution in [0, 0.1) is 0 Å². The van der Waals surface area contributed by atoms with Gasteiger partial charge in [-0.25, -0.2) is 4.79 Å². The van der Waals surface area contributed by atoms with Crippen LogP contribution in [0.3, 0.4) is 0 Å². The van der Waals surface area contributed by atoms with Crippen LogP contribution in [0.4, 0.5) is 0 Å². The van der Waals surface area contributed by atoms with Crippen molar-refractivity contribution >= 4 is 29.1 Å². The smallest absolute Gasteiger partial charge is 0.340 e. The lowest BCUT2D eigenvalue weighted by Crippen LogP contribution is -2.35. The van der Waals surface area contributed by atoms with E-state index in [1.807, 2.05) is 0 Å². The highest BCUT2D eigenvalue weighted by Crippen LogP contribution is 2.44. The van der Waals surface area contributed by atoms with E-state index in [1.165, 1.54) is 0 Å². The predicted octanol–water partition coefficient (Wildman–Crippen LogP) is 3.52. The molecule has 0 aromatic heterocycles. The molecule has 146 valence electrons. The number of hydrogen-bond donors (Lipinski definition) is 1. The van der Waals surface area contributed by atoms with Gasteiger partial charge in [0.15, 0.2) is 11.5 Å². The van der Waals surface area contributed by atoms with Crippen LogP contribution >= 0.6 is 11.6 Å². The van der Waals surface area contributed by atoms with Crippen LogP contribution < -0.4 is 5.73 Å². The summed E-state index contributed by atoms with van der Waals surface area (Å²) in [6.45, 7) is 1.77. The monoisotopic (exact) mass is 409 g/mol. The van der Waals surface area contributed by atoms with Crippen molar-refractivity contribution in [3.63, 3.8) is 0 Å². The van der Waals surface area contributed by atoms with Crippen molar-refractivity contribution in [2.45, 2.75) is 12.8 Å². The lowest BCUT2D eigenvalue weighted by Gasteiger charge is -2.32. The number of carbonyl (C=O) groups excluding carboxylic acids is 3. The number of ether oxygens (including phenoxy) is 2. The summed E-state index contributed by atoms with van der Waals surface area (Å²) >= 11 is 6.00. The number of Topliss-reactive ketones (excluding diaryl/α,β-unsaturated/α-hetero) is 2. The standard InChI is InChI=1S/C22H16ClNO5/c1-2-28-22(27)17-15(11-7-9-12(23)10-8-11)16-18(25)13-5-3-4-6-14(13)19(26)20(16)29-21(17)24/h3-10,15H,2,24H2,1H3. The Balaban J connectivity index is 1.95. The molecule has 0 bridgehead atoms. The maximum atomic E-state index is 13.3. The normalized spacial score (nSPS) is 18.2. The largest absolute Gasteiger partial charge is 0.462 e. The Morgan fingerprint density at radius 2 is 1.69 bits per heavy atom. The van der Waals surface area contributed by atoms with E-state index in [2.05, 4.69) is 0 Å². The van der Waals surface area contributed by atoms with Gasteiger partial charge in [0.05, 0.1) is 18.1 Å². The fourth-order valence-electron chi connectivity index (χ4n) is 3.60. The molecule has 29 heavy (non-hydrogen) atoms. The second kappa shape index (κ2) is 7.22. The van der Waals surface area contributed by atoms with E-state index >= 15 is 0 Å². The van der Waals surface area contributed by atoms with Gasteiger partial charge in [-0.2, -0.15) is 0 Å². The van der Waals surface area contributed by atoms with E-state index in [-0.39, 0.29) is 40.5 Å². The van der Waals surface area contributed by atoms with E-state index in [0.29, 0.717) is 10.6 Å². The minimum Gasteiger partial charge on any atom is -0.462 e. The zero-order valence-corrected chi connectivity index (χ0v) is 16.2. The third kappa shape index (κ3) is 3.02. The molecular formula is C22H16ClNO5. The summed E-state index contributed by atoms with van der Waals surface area (Å²) in [6, 6.07) is 13.1. The molecule has 1 heterocycles. The van der Waals surface area contributed by atoms with E-state index in [0.717, 1.165) is 0 Å². The Kier molecular flexibility index (Phi) is 4.72. The number of halogens is 1. The molecule has 2 aromatic rings. The minimum absolute atomic E-state index is 0.0200. The first-order valence-electron chi connectivity index (χ1n) is 8.96. The summed E-state index contributed by atoms with van der Waals surface area (Å²) in [7, 11) is 0. The van der Waals surface area contributed by atoms with E-state index in [1.54, 1.807) is 55.5 Å². The molecule has 2 N–H and O–H groups in total. The number of fused-ring (bicyclic) bond motifs is 1. The van der Waals surface area contributed by atoms with Gasteiger partial charge in [-0.15, -0.1) is 0 Å². The Bertz CT molecular complexity index is 1110. The molecule has 1 unspecified atom stereocenters. The number of benzene rings is 2. The van der Waals surface area contributed by atoms with Crippen molar-refractivity contribution in [2.24, 2.45) is 5.73 Å². The third-order valence-corrected chi connectivity index (χ3v) is 5.12. The molecule has 0 spiro atoms. The second-order valence-electron chi connectivity index (χ2n) is 6.53. The third-order valence-electron chi connectivity index (χ3n) is 4.87. The van der Waals surface area contributed by atoms with Gasteiger partial charge in [-0.05, 0) is 24.6 Å². The molecule has 4 rings (SSSR count). The highest BCUT2D eigenvalue weighted by molar-refractivity contribution is 6.30. The number of nitrogens with two attached hydrogens (primary N) is 1. The number of ketones is 2. The van der Waals surface area contributed by atoms with Crippen molar-refractivity contribution in [1.29, 1.82) is 0 Å². The van der Waals surface area contributed by atoms with Crippen molar-refractivity contribution in [3.05, 3.63) is 93.0 Å². The van der Waals surface area contributed by atoms with Crippen molar-refractivity contribution < 1.29 is 23.9 Å². The quantitative estimate of drug-likeness (QED) is 0.779. The molecular weight excluding hydrogens is 394 g/mol. The van der Waals surface area contributed by atoms with Crippen LogP contribution in [0.25, 0.3) is 0 Å². The molecule has 6 nitrogen and oxygen atoms in total. The highest BCUT2D eigenvalue weighted by atomic mass is 35.5. The van der Waals surface area contributed by atoms with Crippen LogP contribution in [0.2, 0.25) is 5.02 Å². The molecule has 0 saturated carbocycles. The van der Waals surface area contributed by atoms with E-state index in [4.69, 9.17) is 26.8 Å². The molecule has 0 amide bonds. The van der Waals surface area contributed by atoms with Crippen LogP contribution in [0.5, 0.6) is 0 Å². The van der Waals surface area contributed by atoms with Crippen LogP contribution in [0.1, 0.15) is 39.1 Å². The second-order valence-corrected chi connectivity index (χ2v) is 6.97. The molecule has 1 aliphatic heterocycles. The fourth-order valence-corrected chi connectivity index (χ4v) is 3.73. The number of hydrogen-bond acceptors (Lipinski definition) is 6. The van der Waals surface area contributed by atoms with Gasteiger partial charge < -0.3 is 15.2 Å². The Morgan fingerprint density at radius 1 is 1.07 bits per heavy atom. The van der Waals surface area contributed by atoms with Gasteiger partial charge in [-0.3, -0.25) is 9.59 Å². The number of allylic oxidation sites excluding steroid dienone is 2. The number of rotatable bonds is 3. The van der Waals surface area contributed by atoms with Gasteiger partial charge in [0, 0.05) is 16.1 Å². The summed E-state index contributed by atoms with van der Waals surface area (Å²) < 4.78 is 10.7. The number of carbonyl (C=O) groups is 3. The van der Waals surface area contributed by atoms with Gasteiger partial charge >= 0.3 is 5.97 Å². The first-order chi connectivity index (χ1) is 13.9. The van der Waals surface area contributed by atoms with Crippen molar-refractivity contribution in [3.8, 4) is 0 Å². The summed E-state index contributed by atoms with van der Waals surface area (Å²) in [5.41, 5.74) is 7.13. The molecule has 2 aliphatic rings. The zero-order chi connectivity index (χ0) is 20.7. The van der Waals surface area contributed by atoms with Gasteiger partial charge in [-0.1, -0.05) is 48.0 Å². The van der Waals surface area contributed by atoms with Gasteiger partial charge in [0.25, 0.3) is 0 Å². The van der Waals surface area contributed by atoms with Crippen LogP contribution in [0.15, 0.2) is 71.3 Å². The minimum atomic E-state index is -0.917. The lowest BCUT2D eigenvalue weighted by atomic mass is 9.75. The average Bonchev–Trinajstić information content (AvgIpc) is 2.72. The first kappa shape index (κ1) is 19.0. The topological polar surface area (TPSA) is 95.7 Å². The maximum Gasteiger partial charge on any atom is 0.340 e. The SMILES string of the molecule is CCOC(=O)C1=C(N)OC2=C(C(=O)c3ccccc3C2=O)C1c1ccc(Cl)cc1. The Hall–Kier alpha value is -3.38. The van der Waals surface area contributed by atoms with Gasteiger partial charge in [0.1, 0.15) is 5.57 Å². The van der Waals surface area contributed by atoms with E-state index in [9.17, 15) is 14.4 Å². The van der Waals surface area contributed by atoms with Crippen LogP contribution in [-0.2, 0) is 14.3 Å². The Labute approximate surface area is 171 Å². The van der Waals surface area contributed by atoms with Crippen LogP contribution in [-0.4, -0.2) is 24.1 Å². The lowest BCUT2D eigenvalue weighted by molar-refractivity contribution is -0.139. The average molecular weight is 410 g/mol. The molecule has 1 aliphatic carbocycles.